The lowest BCUT2D eigenvalue weighted by atomic mass is 9.79. The molecule has 0 amide bonds. The van der Waals surface area contributed by atoms with Crippen molar-refractivity contribution < 1.29 is 4.74 Å². The van der Waals surface area contributed by atoms with Gasteiger partial charge in [0.25, 0.3) is 0 Å². The van der Waals surface area contributed by atoms with Gasteiger partial charge in [-0.3, -0.25) is 0 Å². The molecule has 1 aromatic rings. The molecule has 2 nitrogen and oxygen atoms in total. The van der Waals surface area contributed by atoms with Gasteiger partial charge in [-0.15, -0.1) is 0 Å². The zero-order valence-electron chi connectivity index (χ0n) is 13.2. The van der Waals surface area contributed by atoms with Gasteiger partial charge in [0.1, 0.15) is 12.4 Å². The van der Waals surface area contributed by atoms with Crippen molar-refractivity contribution in [1.82, 2.24) is 5.32 Å². The van der Waals surface area contributed by atoms with E-state index in [0.29, 0.717) is 6.04 Å². The fourth-order valence-electron chi connectivity index (χ4n) is 3.16. The van der Waals surface area contributed by atoms with E-state index >= 15 is 0 Å². The molecule has 0 aliphatic heterocycles. The smallest absolute Gasteiger partial charge is 0.119 e. The molecule has 0 radical (unpaired) electrons. The summed E-state index contributed by atoms with van der Waals surface area (Å²) < 4.78 is 5.79. The topological polar surface area (TPSA) is 21.3 Å². The van der Waals surface area contributed by atoms with Crippen LogP contribution in [0.2, 0.25) is 0 Å². The molecule has 1 aliphatic rings. The van der Waals surface area contributed by atoms with Gasteiger partial charge in [-0.1, -0.05) is 38.8 Å². The van der Waals surface area contributed by atoms with E-state index in [2.05, 4.69) is 38.2 Å². The zero-order chi connectivity index (χ0) is 14.4. The Morgan fingerprint density at radius 1 is 1.30 bits per heavy atom. The van der Waals surface area contributed by atoms with E-state index in [0.717, 1.165) is 30.7 Å². The summed E-state index contributed by atoms with van der Waals surface area (Å²) in [5, 5.41) is 3.67. The van der Waals surface area contributed by atoms with Gasteiger partial charge < -0.3 is 10.1 Å². The van der Waals surface area contributed by atoms with Crippen molar-refractivity contribution in [3.05, 3.63) is 29.8 Å². The van der Waals surface area contributed by atoms with Crippen LogP contribution < -0.4 is 10.1 Å². The van der Waals surface area contributed by atoms with Crippen molar-refractivity contribution in [3.63, 3.8) is 0 Å². The molecule has 0 bridgehead atoms. The van der Waals surface area contributed by atoms with Gasteiger partial charge in [0.2, 0.25) is 0 Å². The van der Waals surface area contributed by atoms with Gasteiger partial charge in [-0.2, -0.15) is 0 Å². The van der Waals surface area contributed by atoms with Crippen LogP contribution in [0.3, 0.4) is 0 Å². The van der Waals surface area contributed by atoms with Crippen molar-refractivity contribution in [3.8, 4) is 5.75 Å². The van der Waals surface area contributed by atoms with Crippen molar-refractivity contribution in [1.29, 1.82) is 0 Å². The normalized spacial score (nSPS) is 23.0. The largest absolute Gasteiger partial charge is 0.492 e. The number of nitrogens with one attached hydrogen (secondary N) is 1. The SMILES string of the molecule is Cc1cccc(OCCNC2CCCC(C(C)C)C2)c1. The maximum absolute atomic E-state index is 5.79. The van der Waals surface area contributed by atoms with Crippen molar-refractivity contribution in [2.24, 2.45) is 11.8 Å². The minimum absolute atomic E-state index is 0.692. The molecule has 0 spiro atoms. The summed E-state index contributed by atoms with van der Waals surface area (Å²) in [5.41, 5.74) is 1.25. The molecule has 0 heterocycles. The van der Waals surface area contributed by atoms with E-state index in [4.69, 9.17) is 4.74 Å². The van der Waals surface area contributed by atoms with Crippen LogP contribution in [0.1, 0.15) is 45.1 Å². The molecule has 1 aromatic carbocycles. The lowest BCUT2D eigenvalue weighted by molar-refractivity contribution is 0.221. The van der Waals surface area contributed by atoms with Gasteiger partial charge >= 0.3 is 0 Å². The highest BCUT2D eigenvalue weighted by atomic mass is 16.5. The van der Waals surface area contributed by atoms with E-state index in [1.54, 1.807) is 0 Å². The third kappa shape index (κ3) is 4.82. The standard InChI is InChI=1S/C18H29NO/c1-14(2)16-7-5-8-17(13-16)19-10-11-20-18-9-4-6-15(3)12-18/h4,6,9,12,14,16-17,19H,5,7-8,10-11,13H2,1-3H3. The summed E-state index contributed by atoms with van der Waals surface area (Å²) in [7, 11) is 0. The highest BCUT2D eigenvalue weighted by Gasteiger charge is 2.23. The molecule has 0 saturated heterocycles. The third-order valence-corrected chi connectivity index (χ3v) is 4.45. The van der Waals surface area contributed by atoms with Crippen LogP contribution in [0.15, 0.2) is 24.3 Å². The molecule has 1 saturated carbocycles. The Balaban J connectivity index is 1.66. The van der Waals surface area contributed by atoms with E-state index in [-0.39, 0.29) is 0 Å². The molecular weight excluding hydrogens is 246 g/mol. The van der Waals surface area contributed by atoms with Crippen LogP contribution >= 0.6 is 0 Å². The van der Waals surface area contributed by atoms with Crippen LogP contribution in [-0.2, 0) is 0 Å². The van der Waals surface area contributed by atoms with Crippen molar-refractivity contribution >= 4 is 0 Å². The zero-order valence-corrected chi connectivity index (χ0v) is 13.2. The number of ether oxygens (including phenoxy) is 1. The van der Waals surface area contributed by atoms with Crippen LogP contribution in [0.4, 0.5) is 0 Å². The Kier molecular flexibility index (Phi) is 5.90. The first-order valence-corrected chi connectivity index (χ1v) is 8.08. The average molecular weight is 275 g/mol. The molecule has 2 atom stereocenters. The fourth-order valence-corrected chi connectivity index (χ4v) is 3.16. The molecule has 2 unspecified atom stereocenters. The van der Waals surface area contributed by atoms with Gasteiger partial charge in [0.15, 0.2) is 0 Å². The van der Waals surface area contributed by atoms with Gasteiger partial charge in [-0.05, 0) is 49.3 Å². The second kappa shape index (κ2) is 7.68. The number of rotatable bonds is 6. The van der Waals surface area contributed by atoms with E-state index in [1.165, 1.54) is 31.2 Å². The number of hydrogen-bond donors (Lipinski definition) is 1. The lowest BCUT2D eigenvalue weighted by Crippen LogP contribution is -2.37. The Morgan fingerprint density at radius 3 is 2.90 bits per heavy atom. The maximum atomic E-state index is 5.79. The van der Waals surface area contributed by atoms with Crippen LogP contribution in [0.25, 0.3) is 0 Å². The second-order valence-corrected chi connectivity index (χ2v) is 6.49. The van der Waals surface area contributed by atoms with Crippen LogP contribution in [-0.4, -0.2) is 19.2 Å². The fraction of sp³-hybridized carbons (Fsp3) is 0.667. The Bertz CT molecular complexity index is 402. The van der Waals surface area contributed by atoms with Crippen molar-refractivity contribution in [2.75, 3.05) is 13.2 Å². The molecular formula is C18H29NO. The van der Waals surface area contributed by atoms with E-state index in [1.807, 2.05) is 12.1 Å². The average Bonchev–Trinajstić information content (AvgIpc) is 2.44. The summed E-state index contributed by atoms with van der Waals surface area (Å²) in [6, 6.07) is 8.96. The molecule has 1 aliphatic carbocycles. The first-order chi connectivity index (χ1) is 9.65. The molecule has 20 heavy (non-hydrogen) atoms. The second-order valence-electron chi connectivity index (χ2n) is 6.49. The molecule has 1 fully saturated rings. The van der Waals surface area contributed by atoms with E-state index < -0.39 is 0 Å². The van der Waals surface area contributed by atoms with Crippen LogP contribution in [0.5, 0.6) is 5.75 Å². The number of aryl methyl sites for hydroxylation is 1. The predicted octanol–water partition coefficient (Wildman–Crippen LogP) is 4.18. The summed E-state index contributed by atoms with van der Waals surface area (Å²) in [6.07, 6.45) is 5.45. The number of hydrogen-bond acceptors (Lipinski definition) is 2. The van der Waals surface area contributed by atoms with Gasteiger partial charge in [0.05, 0.1) is 0 Å². The minimum atomic E-state index is 0.692. The first-order valence-electron chi connectivity index (χ1n) is 8.08. The maximum Gasteiger partial charge on any atom is 0.119 e. The Hall–Kier alpha value is -1.02. The predicted molar refractivity (Wildman–Crippen MR) is 85.3 cm³/mol. The summed E-state index contributed by atoms with van der Waals surface area (Å²) in [4.78, 5) is 0. The summed E-state index contributed by atoms with van der Waals surface area (Å²) in [5.74, 6) is 2.71. The minimum Gasteiger partial charge on any atom is -0.492 e. The summed E-state index contributed by atoms with van der Waals surface area (Å²) >= 11 is 0. The lowest BCUT2D eigenvalue weighted by Gasteiger charge is -2.32. The van der Waals surface area contributed by atoms with E-state index in [9.17, 15) is 0 Å². The summed E-state index contributed by atoms with van der Waals surface area (Å²) in [6.45, 7) is 8.51. The molecule has 112 valence electrons. The third-order valence-electron chi connectivity index (χ3n) is 4.45. The molecule has 1 N–H and O–H groups in total. The van der Waals surface area contributed by atoms with Crippen molar-refractivity contribution in [2.45, 2.75) is 52.5 Å². The quantitative estimate of drug-likeness (QED) is 0.786. The molecule has 0 aromatic heterocycles. The first kappa shape index (κ1) is 15.4. The van der Waals surface area contributed by atoms with Gasteiger partial charge in [-0.25, -0.2) is 0 Å². The highest BCUT2D eigenvalue weighted by molar-refractivity contribution is 5.27. The monoisotopic (exact) mass is 275 g/mol. The highest BCUT2D eigenvalue weighted by Crippen LogP contribution is 2.29. The van der Waals surface area contributed by atoms with Crippen LogP contribution in [0, 0.1) is 18.8 Å². The molecule has 2 heteroatoms. The number of benzene rings is 1. The van der Waals surface area contributed by atoms with Gasteiger partial charge in [0, 0.05) is 12.6 Å². The molecule has 2 rings (SSSR count). The Labute approximate surface area is 123 Å². The Morgan fingerprint density at radius 2 is 2.15 bits per heavy atom.